The zero-order valence-electron chi connectivity index (χ0n) is 16.4. The molecule has 0 spiro atoms. The van der Waals surface area contributed by atoms with Crippen molar-refractivity contribution in [3.05, 3.63) is 59.2 Å². The van der Waals surface area contributed by atoms with E-state index < -0.39 is 11.7 Å². The quantitative estimate of drug-likeness (QED) is 0.740. The summed E-state index contributed by atoms with van der Waals surface area (Å²) < 4.78 is 17.3. The van der Waals surface area contributed by atoms with Crippen LogP contribution in [0, 0.1) is 0 Å². The first-order valence-electron chi connectivity index (χ1n) is 9.25. The number of hydrogen-bond acceptors (Lipinski definition) is 5. The molecular weight excluding hydrogens is 358 g/mol. The molecule has 6 nitrogen and oxygen atoms in total. The number of aldehydes is 1. The van der Waals surface area contributed by atoms with E-state index in [4.69, 9.17) is 14.2 Å². The minimum atomic E-state index is -0.582. The molecule has 1 heterocycles. The SMILES string of the molecule is CC(C)(C)OC(=O)N1CCOc2cc(C=O)cc(OCc3ccccc3)c2C1. The molecule has 3 rings (SSSR count). The number of benzene rings is 2. The van der Waals surface area contributed by atoms with Gasteiger partial charge in [0.1, 0.15) is 36.6 Å². The van der Waals surface area contributed by atoms with Crippen molar-refractivity contribution in [1.82, 2.24) is 4.90 Å². The molecule has 0 N–H and O–H groups in total. The van der Waals surface area contributed by atoms with Gasteiger partial charge in [0.2, 0.25) is 0 Å². The molecule has 1 aliphatic rings. The summed E-state index contributed by atoms with van der Waals surface area (Å²) in [7, 11) is 0. The molecule has 0 aromatic heterocycles. The fourth-order valence-electron chi connectivity index (χ4n) is 2.87. The van der Waals surface area contributed by atoms with Crippen molar-refractivity contribution < 1.29 is 23.8 Å². The van der Waals surface area contributed by atoms with Crippen molar-refractivity contribution in [2.75, 3.05) is 13.2 Å². The highest BCUT2D eigenvalue weighted by atomic mass is 16.6. The summed E-state index contributed by atoms with van der Waals surface area (Å²) in [5, 5.41) is 0. The van der Waals surface area contributed by atoms with Crippen LogP contribution in [0.2, 0.25) is 0 Å². The summed E-state index contributed by atoms with van der Waals surface area (Å²) in [4.78, 5) is 25.5. The Kier molecular flexibility index (Phi) is 5.87. The Bertz CT molecular complexity index is 842. The molecule has 0 unspecified atom stereocenters. The zero-order chi connectivity index (χ0) is 20.1. The van der Waals surface area contributed by atoms with Gasteiger partial charge in [-0.3, -0.25) is 4.79 Å². The minimum Gasteiger partial charge on any atom is -0.491 e. The van der Waals surface area contributed by atoms with E-state index in [9.17, 15) is 9.59 Å². The van der Waals surface area contributed by atoms with Crippen molar-refractivity contribution in [2.45, 2.75) is 39.5 Å². The lowest BCUT2D eigenvalue weighted by molar-refractivity contribution is 0.0224. The lowest BCUT2D eigenvalue weighted by Gasteiger charge is -2.26. The van der Waals surface area contributed by atoms with Crippen LogP contribution in [0.4, 0.5) is 4.79 Å². The van der Waals surface area contributed by atoms with E-state index in [0.29, 0.717) is 36.8 Å². The first-order chi connectivity index (χ1) is 13.4. The second-order valence-corrected chi connectivity index (χ2v) is 7.64. The molecule has 0 aliphatic carbocycles. The van der Waals surface area contributed by atoms with Crippen LogP contribution in [0.1, 0.15) is 42.3 Å². The highest BCUT2D eigenvalue weighted by molar-refractivity contribution is 5.78. The van der Waals surface area contributed by atoms with Gasteiger partial charge in [-0.25, -0.2) is 4.79 Å². The van der Waals surface area contributed by atoms with Crippen molar-refractivity contribution in [3.63, 3.8) is 0 Å². The lowest BCUT2D eigenvalue weighted by atomic mass is 10.1. The van der Waals surface area contributed by atoms with E-state index in [-0.39, 0.29) is 6.54 Å². The number of fused-ring (bicyclic) bond motifs is 1. The van der Waals surface area contributed by atoms with Crippen LogP contribution in [0.3, 0.4) is 0 Å². The molecule has 0 bridgehead atoms. The predicted molar refractivity (Wildman–Crippen MR) is 105 cm³/mol. The molecule has 28 heavy (non-hydrogen) atoms. The van der Waals surface area contributed by atoms with Gasteiger partial charge in [0.05, 0.1) is 18.7 Å². The third-order valence-electron chi connectivity index (χ3n) is 4.18. The number of rotatable bonds is 4. The molecule has 1 aliphatic heterocycles. The van der Waals surface area contributed by atoms with Crippen LogP contribution >= 0.6 is 0 Å². The Morgan fingerprint density at radius 2 is 1.96 bits per heavy atom. The minimum absolute atomic E-state index is 0.285. The maximum atomic E-state index is 12.5. The van der Waals surface area contributed by atoms with Crippen molar-refractivity contribution >= 4 is 12.4 Å². The first kappa shape index (κ1) is 19.7. The van der Waals surface area contributed by atoms with E-state index >= 15 is 0 Å². The third-order valence-corrected chi connectivity index (χ3v) is 4.18. The molecule has 6 heteroatoms. The van der Waals surface area contributed by atoms with Crippen LogP contribution in [0.25, 0.3) is 0 Å². The Balaban J connectivity index is 1.87. The standard InChI is InChI=1S/C22H25NO5/c1-22(2,3)28-21(25)23-9-10-26-19-11-17(14-24)12-20(18(19)13-23)27-15-16-7-5-4-6-8-16/h4-8,11-12,14H,9-10,13,15H2,1-3H3. The summed E-state index contributed by atoms with van der Waals surface area (Å²) >= 11 is 0. The number of hydrogen-bond donors (Lipinski definition) is 0. The maximum Gasteiger partial charge on any atom is 0.410 e. The second-order valence-electron chi connectivity index (χ2n) is 7.64. The second kappa shape index (κ2) is 8.33. The van der Waals surface area contributed by atoms with Crippen molar-refractivity contribution in [2.24, 2.45) is 0 Å². The Hall–Kier alpha value is -3.02. The summed E-state index contributed by atoms with van der Waals surface area (Å²) in [5.41, 5.74) is 1.62. The Morgan fingerprint density at radius 1 is 1.21 bits per heavy atom. The normalized spacial score (nSPS) is 13.8. The van der Waals surface area contributed by atoms with Crippen LogP contribution in [0.5, 0.6) is 11.5 Å². The van der Waals surface area contributed by atoms with Gasteiger partial charge < -0.3 is 19.1 Å². The summed E-state index contributed by atoms with van der Waals surface area (Å²) in [5.74, 6) is 1.08. The van der Waals surface area contributed by atoms with Crippen LogP contribution < -0.4 is 9.47 Å². The molecule has 1 amide bonds. The number of carbonyl (C=O) groups is 2. The average Bonchev–Trinajstić information content (AvgIpc) is 2.88. The Morgan fingerprint density at radius 3 is 2.64 bits per heavy atom. The number of nitrogens with zero attached hydrogens (tertiary/aromatic N) is 1. The van der Waals surface area contributed by atoms with Gasteiger partial charge in [-0.2, -0.15) is 0 Å². The van der Waals surface area contributed by atoms with E-state index in [1.165, 1.54) is 0 Å². The molecule has 0 saturated carbocycles. The number of ether oxygens (including phenoxy) is 3. The van der Waals surface area contributed by atoms with Crippen LogP contribution in [-0.4, -0.2) is 36.0 Å². The van der Waals surface area contributed by atoms with E-state index in [2.05, 4.69) is 0 Å². The number of carbonyl (C=O) groups excluding carboxylic acids is 2. The van der Waals surface area contributed by atoms with E-state index in [1.54, 1.807) is 17.0 Å². The summed E-state index contributed by atoms with van der Waals surface area (Å²) in [6, 6.07) is 13.1. The number of amides is 1. The Labute approximate surface area is 165 Å². The molecule has 0 saturated heterocycles. The van der Waals surface area contributed by atoms with Gasteiger partial charge in [-0.1, -0.05) is 30.3 Å². The molecular formula is C22H25NO5. The first-order valence-corrected chi connectivity index (χ1v) is 9.25. The smallest absolute Gasteiger partial charge is 0.410 e. The zero-order valence-corrected chi connectivity index (χ0v) is 16.4. The van der Waals surface area contributed by atoms with Gasteiger partial charge in [0.15, 0.2) is 0 Å². The van der Waals surface area contributed by atoms with Gasteiger partial charge in [-0.05, 0) is 38.5 Å². The molecule has 0 fully saturated rings. The fraction of sp³-hybridized carbons (Fsp3) is 0.364. The molecule has 0 radical (unpaired) electrons. The molecule has 2 aromatic rings. The molecule has 148 valence electrons. The third kappa shape index (κ3) is 5.03. The fourth-order valence-corrected chi connectivity index (χ4v) is 2.87. The van der Waals surface area contributed by atoms with Crippen LogP contribution in [0.15, 0.2) is 42.5 Å². The van der Waals surface area contributed by atoms with E-state index in [0.717, 1.165) is 17.4 Å². The summed E-state index contributed by atoms with van der Waals surface area (Å²) in [6.07, 6.45) is 0.354. The highest BCUT2D eigenvalue weighted by Crippen LogP contribution is 2.34. The van der Waals surface area contributed by atoms with E-state index in [1.807, 2.05) is 51.1 Å². The summed E-state index contributed by atoms with van der Waals surface area (Å²) in [6.45, 7) is 6.83. The van der Waals surface area contributed by atoms with Gasteiger partial charge >= 0.3 is 6.09 Å². The predicted octanol–water partition coefficient (Wildman–Crippen LogP) is 4.21. The van der Waals surface area contributed by atoms with Gasteiger partial charge in [-0.15, -0.1) is 0 Å². The molecule has 2 aromatic carbocycles. The van der Waals surface area contributed by atoms with Gasteiger partial charge in [0, 0.05) is 5.56 Å². The largest absolute Gasteiger partial charge is 0.491 e. The highest BCUT2D eigenvalue weighted by Gasteiger charge is 2.27. The van der Waals surface area contributed by atoms with Crippen LogP contribution in [-0.2, 0) is 17.9 Å². The average molecular weight is 383 g/mol. The monoisotopic (exact) mass is 383 g/mol. The molecule has 0 atom stereocenters. The maximum absolute atomic E-state index is 12.5. The van der Waals surface area contributed by atoms with Crippen molar-refractivity contribution in [3.8, 4) is 11.5 Å². The lowest BCUT2D eigenvalue weighted by Crippen LogP contribution is -2.37. The topological polar surface area (TPSA) is 65.1 Å². The van der Waals surface area contributed by atoms with Crippen molar-refractivity contribution in [1.29, 1.82) is 0 Å². The van der Waals surface area contributed by atoms with Gasteiger partial charge in [0.25, 0.3) is 0 Å².